The predicted octanol–water partition coefficient (Wildman–Crippen LogP) is 4.03. The molecule has 1 rings (SSSR count). The van der Waals surface area contributed by atoms with Gasteiger partial charge in [-0.1, -0.05) is 22.9 Å². The van der Waals surface area contributed by atoms with Crippen molar-refractivity contribution >= 4 is 37.5 Å². The van der Waals surface area contributed by atoms with Gasteiger partial charge in [0, 0.05) is 21.2 Å². The maximum absolute atomic E-state index is 3.48. The average Bonchev–Trinajstić information content (AvgIpc) is 2.03. The van der Waals surface area contributed by atoms with Crippen LogP contribution in [-0.2, 0) is 0 Å². The Hall–Kier alpha value is -0.0200. The number of nitrogens with one attached hydrogen (secondary N) is 1. The van der Waals surface area contributed by atoms with E-state index in [1.54, 1.807) is 0 Å². The van der Waals surface area contributed by atoms with Gasteiger partial charge in [0.1, 0.15) is 0 Å². The van der Waals surface area contributed by atoms with E-state index < -0.39 is 0 Å². The highest BCUT2D eigenvalue weighted by Gasteiger charge is 1.97. The van der Waals surface area contributed by atoms with Crippen molar-refractivity contribution in [2.45, 2.75) is 13.3 Å². The Morgan fingerprint density at radius 2 is 2.08 bits per heavy atom. The smallest absolute Gasteiger partial charge is 0.0485 e. The zero-order valence-corrected chi connectivity index (χ0v) is 10.1. The maximum Gasteiger partial charge on any atom is 0.0485 e. The maximum atomic E-state index is 3.48. The molecule has 0 heterocycles. The molecule has 1 aromatic rings. The van der Waals surface area contributed by atoms with Crippen LogP contribution in [0.5, 0.6) is 0 Å². The molecule has 0 aliphatic rings. The van der Waals surface area contributed by atoms with Crippen LogP contribution in [0.4, 0.5) is 5.69 Å². The van der Waals surface area contributed by atoms with Crippen molar-refractivity contribution in [1.82, 2.24) is 0 Å². The van der Waals surface area contributed by atoms with E-state index in [0.29, 0.717) is 0 Å². The average molecular weight is 293 g/mol. The highest BCUT2D eigenvalue weighted by Crippen LogP contribution is 2.25. The van der Waals surface area contributed by atoms with Crippen LogP contribution in [0.3, 0.4) is 0 Å². The third-order valence-corrected chi connectivity index (χ3v) is 2.65. The largest absolute Gasteiger partial charge is 0.384 e. The molecular formula is C9H11Br2N. The Kier molecular flexibility index (Phi) is 4.09. The Balaban J connectivity index is 2.72. The van der Waals surface area contributed by atoms with Crippen molar-refractivity contribution in [3.05, 3.63) is 27.1 Å². The molecule has 0 saturated carbocycles. The second kappa shape index (κ2) is 4.87. The van der Waals surface area contributed by atoms with Crippen LogP contribution in [0.1, 0.15) is 13.3 Å². The molecular weight excluding hydrogens is 282 g/mol. The van der Waals surface area contributed by atoms with Crippen LogP contribution in [0, 0.1) is 0 Å². The number of anilines is 1. The van der Waals surface area contributed by atoms with Crippen LogP contribution in [0.15, 0.2) is 27.1 Å². The first-order valence-electron chi connectivity index (χ1n) is 3.93. The Bertz CT molecular complexity index is 261. The highest BCUT2D eigenvalue weighted by molar-refractivity contribution is 9.11. The molecule has 0 atom stereocenters. The van der Waals surface area contributed by atoms with Gasteiger partial charge in [-0.15, -0.1) is 0 Å². The third kappa shape index (κ3) is 2.79. The molecule has 0 aromatic heterocycles. The lowest BCUT2D eigenvalue weighted by Crippen LogP contribution is -1.99. The summed E-state index contributed by atoms with van der Waals surface area (Å²) in [5.74, 6) is 0. The van der Waals surface area contributed by atoms with Crippen LogP contribution in [0.25, 0.3) is 0 Å². The lowest BCUT2D eigenvalue weighted by molar-refractivity contribution is 0.978. The monoisotopic (exact) mass is 291 g/mol. The fourth-order valence-electron chi connectivity index (χ4n) is 0.893. The highest BCUT2D eigenvalue weighted by atomic mass is 79.9. The van der Waals surface area contributed by atoms with Crippen LogP contribution in [0.2, 0.25) is 0 Å². The Morgan fingerprint density at radius 1 is 1.33 bits per heavy atom. The molecule has 0 aliphatic carbocycles. The molecule has 0 amide bonds. The minimum Gasteiger partial charge on any atom is -0.384 e. The fourth-order valence-corrected chi connectivity index (χ4v) is 2.08. The third-order valence-electron chi connectivity index (χ3n) is 1.50. The van der Waals surface area contributed by atoms with E-state index in [0.717, 1.165) is 27.6 Å². The van der Waals surface area contributed by atoms with Crippen molar-refractivity contribution < 1.29 is 0 Å². The molecule has 0 saturated heterocycles. The molecule has 3 heteroatoms. The zero-order valence-electron chi connectivity index (χ0n) is 6.90. The minimum atomic E-state index is 1.01. The van der Waals surface area contributed by atoms with Gasteiger partial charge in [-0.05, 0) is 40.5 Å². The molecule has 0 radical (unpaired) electrons. The van der Waals surface area contributed by atoms with E-state index in [1.165, 1.54) is 0 Å². The first-order valence-corrected chi connectivity index (χ1v) is 5.51. The summed E-state index contributed by atoms with van der Waals surface area (Å²) < 4.78 is 2.20. The molecule has 1 nitrogen and oxygen atoms in total. The van der Waals surface area contributed by atoms with Crippen molar-refractivity contribution in [2.75, 3.05) is 11.9 Å². The van der Waals surface area contributed by atoms with E-state index in [1.807, 2.05) is 12.1 Å². The van der Waals surface area contributed by atoms with Crippen molar-refractivity contribution in [3.63, 3.8) is 0 Å². The second-order valence-electron chi connectivity index (χ2n) is 2.55. The molecule has 66 valence electrons. The quantitative estimate of drug-likeness (QED) is 0.887. The summed E-state index contributed by atoms with van der Waals surface area (Å²) in [7, 11) is 0. The van der Waals surface area contributed by atoms with Gasteiger partial charge in [-0.2, -0.15) is 0 Å². The van der Waals surface area contributed by atoms with Crippen LogP contribution in [-0.4, -0.2) is 6.54 Å². The number of benzene rings is 1. The fraction of sp³-hybridized carbons (Fsp3) is 0.333. The van der Waals surface area contributed by atoms with Gasteiger partial charge in [-0.25, -0.2) is 0 Å². The summed E-state index contributed by atoms with van der Waals surface area (Å²) in [6, 6.07) is 6.13. The summed E-state index contributed by atoms with van der Waals surface area (Å²) in [4.78, 5) is 0. The van der Waals surface area contributed by atoms with Gasteiger partial charge in [0.2, 0.25) is 0 Å². The normalized spacial score (nSPS) is 9.92. The Labute approximate surface area is 89.8 Å². The van der Waals surface area contributed by atoms with Gasteiger partial charge in [0.15, 0.2) is 0 Å². The van der Waals surface area contributed by atoms with E-state index >= 15 is 0 Å². The first-order chi connectivity index (χ1) is 5.74. The number of hydrogen-bond donors (Lipinski definition) is 1. The summed E-state index contributed by atoms with van der Waals surface area (Å²) >= 11 is 6.89. The predicted molar refractivity (Wildman–Crippen MR) is 60.6 cm³/mol. The zero-order chi connectivity index (χ0) is 8.97. The van der Waals surface area contributed by atoms with Gasteiger partial charge in [0.05, 0.1) is 0 Å². The number of rotatable bonds is 3. The van der Waals surface area contributed by atoms with E-state index in [-0.39, 0.29) is 0 Å². The van der Waals surface area contributed by atoms with Crippen LogP contribution < -0.4 is 5.32 Å². The first kappa shape index (κ1) is 10.1. The molecule has 1 aromatic carbocycles. The van der Waals surface area contributed by atoms with Gasteiger partial charge < -0.3 is 5.32 Å². The molecule has 0 aliphatic heterocycles. The molecule has 0 bridgehead atoms. The standard InChI is InChI=1S/C9H11Br2N/c1-2-5-12-9-4-3-7(10)6-8(9)11/h3-4,6,12H,2,5H2,1H3. The Morgan fingerprint density at radius 3 is 2.67 bits per heavy atom. The summed E-state index contributed by atoms with van der Waals surface area (Å²) in [5, 5.41) is 3.32. The van der Waals surface area contributed by atoms with Crippen molar-refractivity contribution in [1.29, 1.82) is 0 Å². The van der Waals surface area contributed by atoms with Gasteiger partial charge >= 0.3 is 0 Å². The molecule has 0 spiro atoms. The van der Waals surface area contributed by atoms with Crippen LogP contribution >= 0.6 is 31.9 Å². The number of halogens is 2. The van der Waals surface area contributed by atoms with E-state index in [2.05, 4.69) is 50.2 Å². The molecule has 0 fully saturated rings. The second-order valence-corrected chi connectivity index (χ2v) is 4.32. The topological polar surface area (TPSA) is 12.0 Å². The molecule has 12 heavy (non-hydrogen) atoms. The lowest BCUT2D eigenvalue weighted by Gasteiger charge is -2.06. The lowest BCUT2D eigenvalue weighted by atomic mass is 10.3. The molecule has 0 unspecified atom stereocenters. The summed E-state index contributed by atoms with van der Waals surface area (Å²) in [6.45, 7) is 3.17. The van der Waals surface area contributed by atoms with Crippen molar-refractivity contribution in [2.24, 2.45) is 0 Å². The molecule has 1 N–H and O–H groups in total. The minimum absolute atomic E-state index is 1.01. The summed E-state index contributed by atoms with van der Waals surface area (Å²) in [5.41, 5.74) is 1.15. The van der Waals surface area contributed by atoms with Gasteiger partial charge in [0.25, 0.3) is 0 Å². The van der Waals surface area contributed by atoms with E-state index in [9.17, 15) is 0 Å². The number of hydrogen-bond acceptors (Lipinski definition) is 1. The SMILES string of the molecule is CCCNc1ccc(Br)cc1Br. The van der Waals surface area contributed by atoms with E-state index in [4.69, 9.17) is 0 Å². The summed E-state index contributed by atoms with van der Waals surface area (Å²) in [6.07, 6.45) is 1.14. The van der Waals surface area contributed by atoms with Gasteiger partial charge in [-0.3, -0.25) is 0 Å². The van der Waals surface area contributed by atoms with Crippen molar-refractivity contribution in [3.8, 4) is 0 Å².